The molecule has 0 unspecified atom stereocenters. The molecule has 30 heavy (non-hydrogen) atoms. The van der Waals surface area contributed by atoms with Crippen LogP contribution in [-0.4, -0.2) is 10.9 Å². The number of benzene rings is 3. The third kappa shape index (κ3) is 4.34. The molecule has 0 bridgehead atoms. The van der Waals surface area contributed by atoms with E-state index in [0.29, 0.717) is 10.7 Å². The molecule has 2 N–H and O–H groups in total. The van der Waals surface area contributed by atoms with Crippen LogP contribution in [0.15, 0.2) is 95.8 Å². The van der Waals surface area contributed by atoms with Gasteiger partial charge in [-0.2, -0.15) is 0 Å². The number of halogens is 1. The quantitative estimate of drug-likeness (QED) is 0.466. The van der Waals surface area contributed by atoms with Gasteiger partial charge in [-0.25, -0.2) is 0 Å². The molecule has 5 heteroatoms. The zero-order chi connectivity index (χ0) is 20.9. The minimum atomic E-state index is -0.442. The van der Waals surface area contributed by atoms with Crippen molar-refractivity contribution in [2.75, 3.05) is 0 Å². The van der Waals surface area contributed by atoms with Crippen molar-refractivity contribution < 1.29 is 4.79 Å². The summed E-state index contributed by atoms with van der Waals surface area (Å²) in [5, 5.41) is 3.31. The number of nitrogens with one attached hydrogen (secondary N) is 2. The SMILES string of the molecule is O=C(NCc1ccccc1Cl)c1ccc(-c2ccc(-c3ccccc3)cc2)[nH]c1=O. The molecule has 1 amide bonds. The minimum absolute atomic E-state index is 0.0618. The van der Waals surface area contributed by atoms with E-state index >= 15 is 0 Å². The predicted octanol–water partition coefficient (Wildman–Crippen LogP) is 5.29. The van der Waals surface area contributed by atoms with Crippen molar-refractivity contribution in [1.82, 2.24) is 10.3 Å². The van der Waals surface area contributed by atoms with Gasteiger partial charge in [-0.05, 0) is 40.5 Å². The first-order valence-corrected chi connectivity index (χ1v) is 9.90. The largest absolute Gasteiger partial charge is 0.348 e. The van der Waals surface area contributed by atoms with Gasteiger partial charge in [0.1, 0.15) is 5.56 Å². The van der Waals surface area contributed by atoms with Crippen LogP contribution in [-0.2, 0) is 6.54 Å². The summed E-state index contributed by atoms with van der Waals surface area (Å²) >= 11 is 6.10. The van der Waals surface area contributed by atoms with Gasteiger partial charge in [-0.3, -0.25) is 9.59 Å². The van der Waals surface area contributed by atoms with Crippen molar-refractivity contribution >= 4 is 17.5 Å². The van der Waals surface area contributed by atoms with Crippen LogP contribution in [0.4, 0.5) is 0 Å². The monoisotopic (exact) mass is 414 g/mol. The van der Waals surface area contributed by atoms with Gasteiger partial charge in [0.15, 0.2) is 0 Å². The number of carbonyl (C=O) groups is 1. The van der Waals surface area contributed by atoms with Crippen LogP contribution in [0.5, 0.6) is 0 Å². The summed E-state index contributed by atoms with van der Waals surface area (Å²) in [6.07, 6.45) is 0. The molecule has 0 saturated heterocycles. The molecular weight excluding hydrogens is 396 g/mol. The standard InChI is InChI=1S/C25H19ClN2O2/c26-22-9-5-4-8-20(22)16-27-24(29)21-14-15-23(28-25(21)30)19-12-10-18(11-13-19)17-6-2-1-3-7-17/h1-15H,16H2,(H,27,29)(H,28,30). The van der Waals surface area contributed by atoms with E-state index in [0.717, 1.165) is 22.3 Å². The van der Waals surface area contributed by atoms with Gasteiger partial charge in [-0.15, -0.1) is 0 Å². The van der Waals surface area contributed by atoms with Crippen LogP contribution < -0.4 is 10.9 Å². The fourth-order valence-electron chi connectivity index (χ4n) is 3.21. The summed E-state index contributed by atoms with van der Waals surface area (Å²) in [6.45, 7) is 0.251. The van der Waals surface area contributed by atoms with Gasteiger partial charge < -0.3 is 10.3 Å². The molecule has 4 nitrogen and oxygen atoms in total. The molecular formula is C25H19ClN2O2. The zero-order valence-electron chi connectivity index (χ0n) is 16.1. The molecule has 0 fully saturated rings. The average Bonchev–Trinajstić information content (AvgIpc) is 2.79. The number of rotatable bonds is 5. The Morgan fingerprint density at radius 2 is 1.40 bits per heavy atom. The average molecular weight is 415 g/mol. The Bertz CT molecular complexity index is 1230. The zero-order valence-corrected chi connectivity index (χ0v) is 16.8. The summed E-state index contributed by atoms with van der Waals surface area (Å²) in [6, 6.07) is 28.5. The topological polar surface area (TPSA) is 62.0 Å². The highest BCUT2D eigenvalue weighted by molar-refractivity contribution is 6.31. The second kappa shape index (κ2) is 8.80. The fourth-order valence-corrected chi connectivity index (χ4v) is 3.41. The van der Waals surface area contributed by atoms with Gasteiger partial charge in [0.2, 0.25) is 0 Å². The number of hydrogen-bond acceptors (Lipinski definition) is 2. The van der Waals surface area contributed by atoms with Gasteiger partial charge in [-0.1, -0.05) is 84.4 Å². The van der Waals surface area contributed by atoms with Crippen LogP contribution in [0.3, 0.4) is 0 Å². The fraction of sp³-hybridized carbons (Fsp3) is 0.0400. The van der Waals surface area contributed by atoms with E-state index < -0.39 is 11.5 Å². The third-order valence-corrected chi connectivity index (χ3v) is 5.22. The minimum Gasteiger partial charge on any atom is -0.348 e. The lowest BCUT2D eigenvalue weighted by Gasteiger charge is -2.08. The molecule has 0 radical (unpaired) electrons. The second-order valence-corrected chi connectivity index (χ2v) is 7.24. The molecule has 0 aliphatic carbocycles. The Balaban J connectivity index is 1.49. The maximum absolute atomic E-state index is 12.5. The molecule has 0 aliphatic rings. The summed E-state index contributed by atoms with van der Waals surface area (Å²) < 4.78 is 0. The van der Waals surface area contributed by atoms with Crippen LogP contribution >= 0.6 is 11.6 Å². The Hall–Kier alpha value is -3.63. The summed E-state index contributed by atoms with van der Waals surface area (Å²) in [5.41, 5.74) is 4.17. The van der Waals surface area contributed by atoms with Crippen LogP contribution in [0, 0.1) is 0 Å². The van der Waals surface area contributed by atoms with Crippen LogP contribution in [0.25, 0.3) is 22.4 Å². The molecule has 1 aromatic heterocycles. The number of H-pyrrole nitrogens is 1. The Morgan fingerprint density at radius 1 is 0.767 bits per heavy atom. The molecule has 0 spiro atoms. The first-order chi connectivity index (χ1) is 14.6. The van der Waals surface area contributed by atoms with E-state index in [9.17, 15) is 9.59 Å². The molecule has 3 aromatic carbocycles. The smallest absolute Gasteiger partial charge is 0.261 e. The number of amides is 1. The third-order valence-electron chi connectivity index (χ3n) is 4.85. The summed E-state index contributed by atoms with van der Waals surface area (Å²) in [4.78, 5) is 27.7. The summed E-state index contributed by atoms with van der Waals surface area (Å²) in [5.74, 6) is -0.442. The van der Waals surface area contributed by atoms with Crippen molar-refractivity contribution in [1.29, 1.82) is 0 Å². The first-order valence-electron chi connectivity index (χ1n) is 9.52. The van der Waals surface area contributed by atoms with E-state index in [-0.39, 0.29) is 12.1 Å². The molecule has 1 heterocycles. The Labute approximate surface area is 179 Å². The maximum atomic E-state index is 12.5. The maximum Gasteiger partial charge on any atom is 0.261 e. The van der Waals surface area contributed by atoms with Crippen molar-refractivity contribution in [3.05, 3.63) is 117 Å². The highest BCUT2D eigenvalue weighted by atomic mass is 35.5. The lowest BCUT2D eigenvalue weighted by molar-refractivity contribution is 0.0949. The summed E-state index contributed by atoms with van der Waals surface area (Å²) in [7, 11) is 0. The molecule has 4 aromatic rings. The van der Waals surface area contributed by atoms with E-state index in [1.54, 1.807) is 18.2 Å². The molecule has 4 rings (SSSR count). The van der Waals surface area contributed by atoms with Gasteiger partial charge in [0.05, 0.1) is 0 Å². The number of carbonyl (C=O) groups excluding carboxylic acids is 1. The van der Waals surface area contributed by atoms with E-state index in [1.807, 2.05) is 72.8 Å². The first kappa shape index (κ1) is 19.7. The molecule has 148 valence electrons. The lowest BCUT2D eigenvalue weighted by Crippen LogP contribution is -2.29. The normalized spacial score (nSPS) is 10.6. The second-order valence-electron chi connectivity index (χ2n) is 6.83. The molecule has 0 atom stereocenters. The van der Waals surface area contributed by atoms with Gasteiger partial charge >= 0.3 is 0 Å². The van der Waals surface area contributed by atoms with Crippen molar-refractivity contribution in [2.24, 2.45) is 0 Å². The number of pyridine rings is 1. The van der Waals surface area contributed by atoms with E-state index in [4.69, 9.17) is 11.6 Å². The molecule has 0 saturated carbocycles. The van der Waals surface area contributed by atoms with Crippen LogP contribution in [0.2, 0.25) is 5.02 Å². The van der Waals surface area contributed by atoms with Crippen molar-refractivity contribution in [2.45, 2.75) is 6.54 Å². The Kier molecular flexibility index (Phi) is 5.77. The molecule has 0 aliphatic heterocycles. The number of aromatic amines is 1. The lowest BCUT2D eigenvalue weighted by atomic mass is 10.0. The van der Waals surface area contributed by atoms with E-state index in [1.165, 1.54) is 0 Å². The van der Waals surface area contributed by atoms with Crippen LogP contribution in [0.1, 0.15) is 15.9 Å². The van der Waals surface area contributed by atoms with Crippen molar-refractivity contribution in [3.63, 3.8) is 0 Å². The predicted molar refractivity (Wildman–Crippen MR) is 121 cm³/mol. The number of aromatic nitrogens is 1. The number of hydrogen-bond donors (Lipinski definition) is 2. The van der Waals surface area contributed by atoms with E-state index in [2.05, 4.69) is 10.3 Å². The van der Waals surface area contributed by atoms with Gasteiger partial charge in [0.25, 0.3) is 11.5 Å². The highest BCUT2D eigenvalue weighted by Crippen LogP contribution is 2.23. The Morgan fingerprint density at radius 3 is 2.10 bits per heavy atom. The van der Waals surface area contributed by atoms with Crippen molar-refractivity contribution in [3.8, 4) is 22.4 Å². The van der Waals surface area contributed by atoms with Gasteiger partial charge in [0, 0.05) is 17.3 Å². The highest BCUT2D eigenvalue weighted by Gasteiger charge is 2.12.